The molecule has 4 heterocycles. The molecular formula is C30H34Cl2N4O. The van der Waals surface area contributed by atoms with Gasteiger partial charge in [0.2, 0.25) is 0 Å². The molecule has 0 saturated carbocycles. The van der Waals surface area contributed by atoms with E-state index in [1.807, 2.05) is 6.33 Å². The Balaban J connectivity index is 0.00000160. The number of rotatable bonds is 5. The van der Waals surface area contributed by atoms with Crippen LogP contribution in [-0.2, 0) is 19.3 Å². The number of hydrogen-bond donors (Lipinski definition) is 0. The summed E-state index contributed by atoms with van der Waals surface area (Å²) in [5.74, 6) is 0.663. The van der Waals surface area contributed by atoms with Crippen molar-refractivity contribution in [1.29, 1.82) is 0 Å². The van der Waals surface area contributed by atoms with Crippen molar-refractivity contribution in [2.75, 3.05) is 19.6 Å². The molecule has 6 rings (SSSR count). The Kier molecular flexibility index (Phi) is 8.37. The third kappa shape index (κ3) is 5.18. The third-order valence-corrected chi connectivity index (χ3v) is 7.95. The number of carbonyl (C=O) groups excluding carboxylic acids is 1. The summed E-state index contributed by atoms with van der Waals surface area (Å²) >= 11 is 0. The molecular weight excluding hydrogens is 503 g/mol. The number of aromatic nitrogens is 3. The van der Waals surface area contributed by atoms with Crippen molar-refractivity contribution in [3.8, 4) is 5.69 Å². The molecule has 0 amide bonds. The lowest BCUT2D eigenvalue weighted by molar-refractivity contribution is 0.101. The Hall–Kier alpha value is -2.73. The van der Waals surface area contributed by atoms with Gasteiger partial charge in [0, 0.05) is 24.5 Å². The lowest BCUT2D eigenvalue weighted by Gasteiger charge is -2.33. The van der Waals surface area contributed by atoms with Crippen LogP contribution < -0.4 is 0 Å². The van der Waals surface area contributed by atoms with Gasteiger partial charge < -0.3 is 9.47 Å². The quantitative estimate of drug-likeness (QED) is 0.281. The number of benzene rings is 2. The Labute approximate surface area is 231 Å². The number of hydrogen-bond acceptors (Lipinski definition) is 4. The molecule has 2 aliphatic rings. The average Bonchev–Trinajstić information content (AvgIpc) is 3.32. The first-order valence-electron chi connectivity index (χ1n) is 12.9. The number of aryl methyl sites for hydroxylation is 1. The molecule has 5 nitrogen and oxygen atoms in total. The van der Waals surface area contributed by atoms with Crippen LogP contribution in [0.25, 0.3) is 16.6 Å². The number of piperidine rings is 1. The summed E-state index contributed by atoms with van der Waals surface area (Å²) in [6.45, 7) is 7.05. The summed E-state index contributed by atoms with van der Waals surface area (Å²) in [4.78, 5) is 23.7. The van der Waals surface area contributed by atoms with Crippen molar-refractivity contribution >= 4 is 41.5 Å². The lowest BCUT2D eigenvalue weighted by Crippen LogP contribution is -2.34. The van der Waals surface area contributed by atoms with Crippen LogP contribution in [0.4, 0.5) is 0 Å². The van der Waals surface area contributed by atoms with E-state index in [4.69, 9.17) is 4.98 Å². The van der Waals surface area contributed by atoms with Gasteiger partial charge in [-0.2, -0.15) is 0 Å². The molecule has 2 aromatic heterocycles. The first-order chi connectivity index (χ1) is 17.1. The van der Waals surface area contributed by atoms with Gasteiger partial charge in [-0.05, 0) is 92.9 Å². The molecule has 0 atom stereocenters. The van der Waals surface area contributed by atoms with Gasteiger partial charge in [0.1, 0.15) is 12.0 Å². The predicted molar refractivity (Wildman–Crippen MR) is 154 cm³/mol. The second-order valence-electron chi connectivity index (χ2n) is 10.1. The molecule has 0 N–H and O–H groups in total. The fourth-order valence-corrected chi connectivity index (χ4v) is 6.11. The monoisotopic (exact) mass is 536 g/mol. The molecule has 0 bridgehead atoms. The van der Waals surface area contributed by atoms with Crippen LogP contribution in [-0.4, -0.2) is 44.9 Å². The third-order valence-electron chi connectivity index (χ3n) is 7.95. The molecule has 0 unspecified atom stereocenters. The zero-order valence-corrected chi connectivity index (χ0v) is 23.1. The van der Waals surface area contributed by atoms with Gasteiger partial charge in [-0.15, -0.1) is 24.8 Å². The number of pyridine rings is 1. The first-order valence-corrected chi connectivity index (χ1v) is 12.9. The van der Waals surface area contributed by atoms with E-state index in [-0.39, 0.29) is 30.6 Å². The number of nitrogens with zero attached hydrogens (tertiary/aromatic N) is 4. The van der Waals surface area contributed by atoms with E-state index in [9.17, 15) is 4.79 Å². The molecule has 37 heavy (non-hydrogen) atoms. The van der Waals surface area contributed by atoms with E-state index in [1.54, 1.807) is 6.92 Å². The van der Waals surface area contributed by atoms with Gasteiger partial charge >= 0.3 is 0 Å². The molecule has 0 radical (unpaired) electrons. The number of halogens is 2. The fraction of sp³-hybridized carbons (Fsp3) is 0.367. The van der Waals surface area contributed by atoms with Crippen LogP contribution >= 0.6 is 24.8 Å². The molecule has 0 spiro atoms. The maximum absolute atomic E-state index is 11.9. The summed E-state index contributed by atoms with van der Waals surface area (Å²) in [6, 6.07) is 17.6. The highest BCUT2D eigenvalue weighted by Gasteiger charge is 2.25. The Morgan fingerprint density at radius 2 is 1.78 bits per heavy atom. The molecule has 4 aromatic rings. The minimum atomic E-state index is 0. The van der Waals surface area contributed by atoms with Gasteiger partial charge in [0.15, 0.2) is 5.78 Å². The topological polar surface area (TPSA) is 51.0 Å². The zero-order chi connectivity index (χ0) is 23.9. The summed E-state index contributed by atoms with van der Waals surface area (Å²) in [6.07, 6.45) is 7.15. The van der Waals surface area contributed by atoms with E-state index in [2.05, 4.69) is 69.9 Å². The largest absolute Gasteiger partial charge is 0.303 e. The standard InChI is InChI=1S/C30H32N4O.2ClH/c1-20-9-10-26-24(6-4-7-27(26)32-20)23-14-17-33(18-15-23)16-13-22-5-3-8-28-25(22)11-12-29-30(21(2)35)31-19-34(28)29;;/h3-10,19,23H,11-18H2,1-2H3;2*1H. The summed E-state index contributed by atoms with van der Waals surface area (Å²) in [5, 5.41) is 1.32. The molecule has 7 heteroatoms. The van der Waals surface area contributed by atoms with Crippen LogP contribution in [0.2, 0.25) is 0 Å². The van der Waals surface area contributed by atoms with Gasteiger partial charge in [0.05, 0.1) is 16.9 Å². The molecule has 0 aliphatic carbocycles. The highest BCUT2D eigenvalue weighted by Crippen LogP contribution is 2.33. The van der Waals surface area contributed by atoms with Crippen molar-refractivity contribution in [1.82, 2.24) is 19.4 Å². The van der Waals surface area contributed by atoms with Crippen molar-refractivity contribution in [3.05, 3.63) is 88.6 Å². The van der Waals surface area contributed by atoms with Crippen molar-refractivity contribution < 1.29 is 4.79 Å². The fourth-order valence-electron chi connectivity index (χ4n) is 6.11. The second-order valence-corrected chi connectivity index (χ2v) is 10.1. The van der Waals surface area contributed by atoms with E-state index < -0.39 is 0 Å². The van der Waals surface area contributed by atoms with Crippen molar-refractivity contribution in [2.24, 2.45) is 0 Å². The van der Waals surface area contributed by atoms with Gasteiger partial charge in [0.25, 0.3) is 0 Å². The normalized spacial score (nSPS) is 15.4. The van der Waals surface area contributed by atoms with E-state index >= 15 is 0 Å². The van der Waals surface area contributed by atoms with Crippen LogP contribution in [0, 0.1) is 6.92 Å². The highest BCUT2D eigenvalue weighted by molar-refractivity contribution is 5.93. The van der Waals surface area contributed by atoms with E-state index in [1.165, 1.54) is 40.6 Å². The number of imidazole rings is 1. The summed E-state index contributed by atoms with van der Waals surface area (Å²) in [5.41, 5.74) is 9.40. The molecule has 1 fully saturated rings. The zero-order valence-electron chi connectivity index (χ0n) is 21.4. The Bertz CT molecular complexity index is 1420. The van der Waals surface area contributed by atoms with Crippen LogP contribution in [0.15, 0.2) is 54.9 Å². The van der Waals surface area contributed by atoms with Crippen molar-refractivity contribution in [3.63, 3.8) is 0 Å². The Morgan fingerprint density at radius 1 is 1.00 bits per heavy atom. The minimum Gasteiger partial charge on any atom is -0.303 e. The van der Waals surface area contributed by atoms with Crippen LogP contribution in [0.3, 0.4) is 0 Å². The number of Topliss-reactive ketones (excluding diaryl/α,β-unsaturated/α-hetero) is 1. The number of fused-ring (bicyclic) bond motifs is 4. The molecule has 194 valence electrons. The number of carbonyl (C=O) groups is 1. The summed E-state index contributed by atoms with van der Waals surface area (Å²) < 4.78 is 2.13. The van der Waals surface area contributed by atoms with E-state index in [0.29, 0.717) is 11.6 Å². The maximum atomic E-state index is 11.9. The van der Waals surface area contributed by atoms with Gasteiger partial charge in [-0.3, -0.25) is 9.78 Å². The van der Waals surface area contributed by atoms with Gasteiger partial charge in [-0.1, -0.05) is 30.3 Å². The molecule has 2 aromatic carbocycles. The number of likely N-dealkylation sites (tertiary alicyclic amines) is 1. The number of ketones is 1. The van der Waals surface area contributed by atoms with Crippen molar-refractivity contribution in [2.45, 2.75) is 51.9 Å². The SMILES string of the molecule is CC(=O)c1ncn2c1CCc1c(CCN3CCC(c4cccc5nc(C)ccc45)CC3)cccc1-2.Cl.Cl. The van der Waals surface area contributed by atoms with Crippen LogP contribution in [0.1, 0.15) is 64.2 Å². The predicted octanol–water partition coefficient (Wildman–Crippen LogP) is 6.30. The molecule has 1 saturated heterocycles. The Morgan fingerprint density at radius 3 is 2.57 bits per heavy atom. The van der Waals surface area contributed by atoms with Crippen LogP contribution in [0.5, 0.6) is 0 Å². The van der Waals surface area contributed by atoms with Gasteiger partial charge in [-0.25, -0.2) is 4.98 Å². The highest BCUT2D eigenvalue weighted by atomic mass is 35.5. The molecule has 2 aliphatic heterocycles. The summed E-state index contributed by atoms with van der Waals surface area (Å²) in [7, 11) is 0. The lowest BCUT2D eigenvalue weighted by atomic mass is 9.87. The maximum Gasteiger partial charge on any atom is 0.179 e. The van der Waals surface area contributed by atoms with E-state index in [0.717, 1.165) is 55.8 Å². The minimum absolute atomic E-state index is 0. The smallest absolute Gasteiger partial charge is 0.179 e. The average molecular weight is 538 g/mol. The second kappa shape index (κ2) is 11.3. The first kappa shape index (κ1) is 27.3.